The van der Waals surface area contributed by atoms with E-state index in [1.165, 1.54) is 31.9 Å². The Morgan fingerprint density at radius 1 is 0.700 bits per heavy atom. The number of rotatable bonds is 10. The van der Waals surface area contributed by atoms with Gasteiger partial charge < -0.3 is 0 Å². The van der Waals surface area contributed by atoms with Crippen molar-refractivity contribution in [2.75, 3.05) is 0 Å². The van der Waals surface area contributed by atoms with Crippen LogP contribution in [0.1, 0.15) is 60.8 Å². The second-order valence-corrected chi connectivity index (χ2v) is 6.72. The van der Waals surface area contributed by atoms with Crippen LogP contribution in [-0.2, 0) is 4.79 Å². The molecule has 1 nitrogen and oxygen atoms in total. The summed E-state index contributed by atoms with van der Waals surface area (Å²) in [6.45, 7) is 34.4. The van der Waals surface area contributed by atoms with Crippen LogP contribution in [0.5, 0.6) is 0 Å². The quantitative estimate of drug-likeness (QED) is 0.258. The van der Waals surface area contributed by atoms with Crippen LogP contribution in [0.3, 0.4) is 0 Å². The number of carbonyl (C=O) groups is 1. The topological polar surface area (TPSA) is 17.1 Å². The number of Topliss-reactive ketones (excluding diaryl/α,β-unsaturated/α-hetero) is 1. The third kappa shape index (κ3) is 17.4. The fourth-order valence-corrected chi connectivity index (χ4v) is 1.35. The summed E-state index contributed by atoms with van der Waals surface area (Å²) in [6, 6.07) is 0. The van der Waals surface area contributed by atoms with Crippen molar-refractivity contribution in [3.63, 3.8) is 0 Å². The van der Waals surface area contributed by atoms with Gasteiger partial charge in [-0.15, -0.1) is 0 Å². The van der Waals surface area contributed by atoms with Crippen molar-refractivity contribution < 1.29 is 9.18 Å². The molecule has 0 N–H and O–H groups in total. The number of ketones is 1. The minimum atomic E-state index is -0.545. The summed E-state index contributed by atoms with van der Waals surface area (Å²) in [7, 11) is 0. The van der Waals surface area contributed by atoms with Gasteiger partial charge in [0.15, 0.2) is 5.78 Å². The summed E-state index contributed by atoms with van der Waals surface area (Å²) in [5, 5.41) is 0. The minimum absolute atomic E-state index is 0.142. The van der Waals surface area contributed by atoms with Gasteiger partial charge in [0.25, 0.3) is 0 Å². The van der Waals surface area contributed by atoms with Gasteiger partial charge in [-0.1, -0.05) is 117 Å². The SMILES string of the molecule is C=C(/C=C\C(=C)C(=C)/C(F)=C\C(=C)C(=C)/C=C\C(=C)C(C)=O)CC.CCC.CCC. The zero-order chi connectivity index (χ0) is 24.3. The number of hydrogen-bond acceptors (Lipinski definition) is 1. The first-order valence-corrected chi connectivity index (χ1v) is 10.3. The van der Waals surface area contributed by atoms with E-state index in [9.17, 15) is 9.18 Å². The Morgan fingerprint density at radius 2 is 1.10 bits per heavy atom. The van der Waals surface area contributed by atoms with E-state index in [1.807, 2.05) is 6.92 Å². The summed E-state index contributed by atoms with van der Waals surface area (Å²) in [4.78, 5) is 11.1. The normalized spacial score (nSPS) is 10.4. The lowest BCUT2D eigenvalue weighted by Gasteiger charge is -2.05. The lowest BCUT2D eigenvalue weighted by Crippen LogP contribution is -1.91. The van der Waals surface area contributed by atoms with Crippen LogP contribution < -0.4 is 0 Å². The molecule has 0 heterocycles. The van der Waals surface area contributed by atoms with Gasteiger partial charge in [0.2, 0.25) is 0 Å². The Morgan fingerprint density at radius 3 is 1.50 bits per heavy atom. The van der Waals surface area contributed by atoms with Gasteiger partial charge in [-0.2, -0.15) is 0 Å². The molecule has 0 fully saturated rings. The third-order valence-electron chi connectivity index (χ3n) is 3.30. The van der Waals surface area contributed by atoms with E-state index in [-0.39, 0.29) is 11.4 Å². The minimum Gasteiger partial charge on any atom is -0.295 e. The highest BCUT2D eigenvalue weighted by atomic mass is 19.1. The van der Waals surface area contributed by atoms with Crippen LogP contribution in [0.15, 0.2) is 109 Å². The van der Waals surface area contributed by atoms with Crippen molar-refractivity contribution in [2.45, 2.75) is 60.8 Å². The predicted octanol–water partition coefficient (Wildman–Crippen LogP) is 9.12. The van der Waals surface area contributed by atoms with E-state index in [2.05, 4.69) is 67.2 Å². The zero-order valence-corrected chi connectivity index (χ0v) is 20.0. The summed E-state index contributed by atoms with van der Waals surface area (Å²) >= 11 is 0. The fraction of sp³-hybridized carbons (Fsp3) is 0.321. The Balaban J connectivity index is -0.00000107. The molecule has 0 aromatic heterocycles. The first-order valence-electron chi connectivity index (χ1n) is 10.3. The van der Waals surface area contributed by atoms with Crippen LogP contribution in [0.25, 0.3) is 0 Å². The molecule has 0 bridgehead atoms. The molecule has 0 aliphatic heterocycles. The molecule has 0 aliphatic carbocycles. The van der Waals surface area contributed by atoms with E-state index >= 15 is 0 Å². The van der Waals surface area contributed by atoms with Gasteiger partial charge in [0.05, 0.1) is 0 Å². The number of carbonyl (C=O) groups excluding carboxylic acids is 1. The Bertz CT molecular complexity index is 722. The molecule has 0 aromatic carbocycles. The van der Waals surface area contributed by atoms with Gasteiger partial charge in [0, 0.05) is 11.1 Å². The first-order chi connectivity index (χ1) is 13.9. The van der Waals surface area contributed by atoms with Crippen LogP contribution in [-0.4, -0.2) is 5.78 Å². The smallest absolute Gasteiger partial charge is 0.159 e. The predicted molar refractivity (Wildman–Crippen MR) is 135 cm³/mol. The van der Waals surface area contributed by atoms with Crippen molar-refractivity contribution >= 4 is 5.78 Å². The fourth-order valence-electron chi connectivity index (χ4n) is 1.35. The summed E-state index contributed by atoms with van der Waals surface area (Å²) in [5.41, 5.74) is 2.73. The molecule has 0 saturated heterocycles. The molecule has 0 unspecified atom stereocenters. The Kier molecular flexibility index (Phi) is 20.8. The molecule has 0 atom stereocenters. The molecule has 0 radical (unpaired) electrons. The highest BCUT2D eigenvalue weighted by Gasteiger charge is 2.06. The van der Waals surface area contributed by atoms with Crippen LogP contribution in [0, 0.1) is 0 Å². The number of allylic oxidation sites excluding steroid dienone is 12. The Labute approximate surface area is 185 Å². The van der Waals surface area contributed by atoms with Crippen LogP contribution in [0.4, 0.5) is 4.39 Å². The Hall–Kier alpha value is -2.74. The maximum absolute atomic E-state index is 14.2. The van der Waals surface area contributed by atoms with Gasteiger partial charge in [-0.25, -0.2) is 4.39 Å². The largest absolute Gasteiger partial charge is 0.295 e. The van der Waals surface area contributed by atoms with Gasteiger partial charge >= 0.3 is 0 Å². The van der Waals surface area contributed by atoms with Gasteiger partial charge in [0.1, 0.15) is 5.83 Å². The van der Waals surface area contributed by atoms with E-state index in [1.54, 1.807) is 18.2 Å². The number of hydrogen-bond donors (Lipinski definition) is 0. The molecule has 0 aliphatic rings. The monoisotopic (exact) mass is 412 g/mol. The van der Waals surface area contributed by atoms with E-state index < -0.39 is 5.83 Å². The molecule has 166 valence electrons. The van der Waals surface area contributed by atoms with Gasteiger partial charge in [-0.3, -0.25) is 4.79 Å². The second-order valence-electron chi connectivity index (χ2n) is 6.72. The van der Waals surface area contributed by atoms with Crippen LogP contribution >= 0.6 is 0 Å². The summed E-state index contributed by atoms with van der Waals surface area (Å²) < 4.78 is 14.2. The second kappa shape index (κ2) is 19.6. The summed E-state index contributed by atoms with van der Waals surface area (Å²) in [6.07, 6.45) is 11.1. The molecular weight excluding hydrogens is 371 g/mol. The lowest BCUT2D eigenvalue weighted by molar-refractivity contribution is -0.113. The third-order valence-corrected chi connectivity index (χ3v) is 3.30. The molecule has 0 saturated carbocycles. The highest BCUT2D eigenvalue weighted by molar-refractivity contribution is 5.95. The molecule has 2 heteroatoms. The number of halogens is 1. The van der Waals surface area contributed by atoms with Gasteiger partial charge in [-0.05, 0) is 36.1 Å². The average Bonchev–Trinajstić information content (AvgIpc) is 2.69. The molecule has 30 heavy (non-hydrogen) atoms. The average molecular weight is 413 g/mol. The molecule has 0 amide bonds. The maximum atomic E-state index is 14.2. The van der Waals surface area contributed by atoms with Crippen molar-refractivity contribution in [3.05, 3.63) is 109 Å². The van der Waals surface area contributed by atoms with Crippen molar-refractivity contribution in [1.29, 1.82) is 0 Å². The molecular formula is C28H41FO. The van der Waals surface area contributed by atoms with Crippen LogP contribution in [0.2, 0.25) is 0 Å². The standard InChI is InChI=1S/C22H25FO.2C3H8/c1-9-15(2)10-11-17(4)20(7)22(23)14-19(6)16(3)12-13-18(5)21(8)24;2*1-3-2/h10-14H,2-7,9H2,1,8H3;2*3H2,1-2H3/b11-10-,13-12-,22-14+;;. The maximum Gasteiger partial charge on any atom is 0.159 e. The van der Waals surface area contributed by atoms with E-state index in [4.69, 9.17) is 0 Å². The lowest BCUT2D eigenvalue weighted by atomic mass is 10.0. The van der Waals surface area contributed by atoms with E-state index in [0.717, 1.165) is 12.0 Å². The van der Waals surface area contributed by atoms with Crippen molar-refractivity contribution in [2.24, 2.45) is 0 Å². The molecule has 0 spiro atoms. The molecule has 0 rings (SSSR count). The summed E-state index contributed by atoms with van der Waals surface area (Å²) in [5.74, 6) is -0.687. The van der Waals surface area contributed by atoms with Crippen molar-refractivity contribution in [3.8, 4) is 0 Å². The van der Waals surface area contributed by atoms with E-state index in [0.29, 0.717) is 22.3 Å². The zero-order valence-electron chi connectivity index (χ0n) is 20.0. The first kappa shape index (κ1) is 31.9. The highest BCUT2D eigenvalue weighted by Crippen LogP contribution is 2.22. The molecule has 0 aromatic rings. The van der Waals surface area contributed by atoms with Crippen molar-refractivity contribution in [1.82, 2.24) is 0 Å².